The molecule has 27 heavy (non-hydrogen) atoms. The summed E-state index contributed by atoms with van der Waals surface area (Å²) in [7, 11) is 4.89. The number of rotatable bonds is 3. The first-order chi connectivity index (χ1) is 12.6. The molecule has 5 nitrogen and oxygen atoms in total. The van der Waals surface area contributed by atoms with Crippen molar-refractivity contribution in [3.05, 3.63) is 41.6 Å². The third-order valence-corrected chi connectivity index (χ3v) is 5.20. The van der Waals surface area contributed by atoms with Gasteiger partial charge in [-0.15, -0.1) is 0 Å². The Kier molecular flexibility index (Phi) is 5.07. The zero-order valence-electron chi connectivity index (χ0n) is 15.8. The zero-order chi connectivity index (χ0) is 18.4. The summed E-state index contributed by atoms with van der Waals surface area (Å²) in [4.78, 5) is 0. The summed E-state index contributed by atoms with van der Waals surface area (Å²) in [6.45, 7) is 2.96. The molecule has 142 valence electrons. The van der Waals surface area contributed by atoms with E-state index >= 15 is 0 Å². The van der Waals surface area contributed by atoms with Gasteiger partial charge >= 0.3 is 0 Å². The number of ether oxygens (including phenoxy) is 3. The maximum Gasteiger partial charge on any atom is 0.216 e. The van der Waals surface area contributed by atoms with Gasteiger partial charge in [-0.1, -0.05) is 0 Å². The maximum atomic E-state index is 10.1. The highest BCUT2D eigenvalue weighted by Gasteiger charge is 2.29. The Morgan fingerprint density at radius 3 is 2.37 bits per heavy atom. The van der Waals surface area contributed by atoms with Gasteiger partial charge in [0.15, 0.2) is 35.7 Å². The molecule has 0 aliphatic carbocycles. The Bertz CT molecular complexity index is 1030. The first-order valence-electron chi connectivity index (χ1n) is 8.57. The van der Waals surface area contributed by atoms with Gasteiger partial charge in [0.2, 0.25) is 5.69 Å². The SMILES string of the molecule is COc1cc2c(cc1O)CC[n+]1cc3c(OC)c(OC)ccc3c(C)c1-2.[Cl-]. The van der Waals surface area contributed by atoms with Crippen LogP contribution in [0.25, 0.3) is 22.0 Å². The van der Waals surface area contributed by atoms with Crippen molar-refractivity contribution >= 4 is 10.8 Å². The van der Waals surface area contributed by atoms with E-state index in [-0.39, 0.29) is 18.2 Å². The second kappa shape index (κ2) is 7.16. The molecule has 0 bridgehead atoms. The number of fused-ring (bicyclic) bond motifs is 4. The molecule has 0 saturated heterocycles. The molecule has 0 spiro atoms. The highest BCUT2D eigenvalue weighted by atomic mass is 35.5. The maximum absolute atomic E-state index is 10.1. The molecule has 3 aromatic rings. The van der Waals surface area contributed by atoms with E-state index in [0.29, 0.717) is 5.75 Å². The van der Waals surface area contributed by atoms with E-state index < -0.39 is 0 Å². The third kappa shape index (κ3) is 2.82. The average Bonchev–Trinajstić information content (AvgIpc) is 2.66. The van der Waals surface area contributed by atoms with Crippen LogP contribution in [0.3, 0.4) is 0 Å². The quantitative estimate of drug-likeness (QED) is 0.661. The van der Waals surface area contributed by atoms with Gasteiger partial charge in [-0.3, -0.25) is 0 Å². The molecular weight excluding hydrogens is 366 g/mol. The Balaban J connectivity index is 0.00000210. The highest BCUT2D eigenvalue weighted by Crippen LogP contribution is 2.41. The monoisotopic (exact) mass is 387 g/mol. The van der Waals surface area contributed by atoms with Gasteiger partial charge in [-0.05, 0) is 36.8 Å². The summed E-state index contributed by atoms with van der Waals surface area (Å²) in [6.07, 6.45) is 2.98. The van der Waals surface area contributed by atoms with Crippen LogP contribution in [0.5, 0.6) is 23.0 Å². The molecule has 2 aromatic carbocycles. The van der Waals surface area contributed by atoms with Crippen molar-refractivity contribution < 1.29 is 36.3 Å². The molecule has 6 heteroatoms. The predicted molar refractivity (Wildman–Crippen MR) is 99.3 cm³/mol. The minimum atomic E-state index is 0. The van der Waals surface area contributed by atoms with Gasteiger partial charge in [0.1, 0.15) is 0 Å². The number of nitrogens with zero attached hydrogens (tertiary/aromatic N) is 1. The summed E-state index contributed by atoms with van der Waals surface area (Å²) in [6, 6.07) is 7.75. The fourth-order valence-electron chi connectivity index (χ4n) is 3.95. The number of methoxy groups -OCH3 is 3. The van der Waals surface area contributed by atoms with Crippen LogP contribution in [0.4, 0.5) is 0 Å². The van der Waals surface area contributed by atoms with E-state index in [4.69, 9.17) is 14.2 Å². The summed E-state index contributed by atoms with van der Waals surface area (Å²) in [5.74, 6) is 2.15. The van der Waals surface area contributed by atoms with Crippen LogP contribution < -0.4 is 31.2 Å². The van der Waals surface area contributed by atoms with E-state index in [0.717, 1.165) is 57.6 Å². The van der Waals surface area contributed by atoms with Gasteiger partial charge in [0.05, 0.1) is 32.3 Å². The van der Waals surface area contributed by atoms with Crippen molar-refractivity contribution in [3.8, 4) is 34.3 Å². The lowest BCUT2D eigenvalue weighted by molar-refractivity contribution is -0.686. The first kappa shape index (κ1) is 19.1. The first-order valence-corrected chi connectivity index (χ1v) is 8.57. The molecule has 0 saturated carbocycles. The molecule has 0 unspecified atom stereocenters. The molecule has 1 N–H and O–H groups in total. The molecule has 0 atom stereocenters. The van der Waals surface area contributed by atoms with Crippen LogP contribution in [0.1, 0.15) is 11.1 Å². The molecule has 2 heterocycles. The lowest BCUT2D eigenvalue weighted by atomic mass is 9.91. The Labute approximate surface area is 164 Å². The highest BCUT2D eigenvalue weighted by molar-refractivity contribution is 5.94. The van der Waals surface area contributed by atoms with Crippen LogP contribution in [-0.2, 0) is 13.0 Å². The van der Waals surface area contributed by atoms with Crippen molar-refractivity contribution in [2.24, 2.45) is 0 Å². The van der Waals surface area contributed by atoms with Crippen molar-refractivity contribution in [2.75, 3.05) is 21.3 Å². The smallest absolute Gasteiger partial charge is 0.216 e. The van der Waals surface area contributed by atoms with Gasteiger partial charge in [-0.25, -0.2) is 0 Å². The number of aromatic nitrogens is 1. The lowest BCUT2D eigenvalue weighted by Crippen LogP contribution is -3.00. The summed E-state index contributed by atoms with van der Waals surface area (Å²) >= 11 is 0. The van der Waals surface area contributed by atoms with Crippen molar-refractivity contribution in [1.82, 2.24) is 0 Å². The number of phenolic OH excluding ortho intramolecular Hbond substituents is 1. The van der Waals surface area contributed by atoms with Crippen LogP contribution >= 0.6 is 0 Å². The van der Waals surface area contributed by atoms with Crippen molar-refractivity contribution in [1.29, 1.82) is 0 Å². The minimum absolute atomic E-state index is 0. The summed E-state index contributed by atoms with van der Waals surface area (Å²) in [5, 5.41) is 12.3. The number of halogens is 1. The Hall–Kier alpha value is -2.66. The predicted octanol–water partition coefficient (Wildman–Crippen LogP) is 0.394. The zero-order valence-corrected chi connectivity index (χ0v) is 16.6. The fraction of sp³-hybridized carbons (Fsp3) is 0.286. The standard InChI is InChI=1S/C21H21NO4.ClH/c1-12-14-5-6-18(24-2)21(26-4)16(14)11-22-8-7-13-9-17(23)19(25-3)10-15(13)20(12)22;/h5-6,9-11H,7-8H2,1-4H3;1H. The topological polar surface area (TPSA) is 51.8 Å². The second-order valence-corrected chi connectivity index (χ2v) is 6.49. The largest absolute Gasteiger partial charge is 1.00 e. The Morgan fingerprint density at radius 2 is 1.70 bits per heavy atom. The molecule has 4 rings (SSSR count). The van der Waals surface area contributed by atoms with Crippen LogP contribution in [0.15, 0.2) is 30.5 Å². The molecule has 0 fully saturated rings. The van der Waals surface area contributed by atoms with Gasteiger partial charge in [0, 0.05) is 17.4 Å². The van der Waals surface area contributed by atoms with Crippen LogP contribution in [0, 0.1) is 6.92 Å². The van der Waals surface area contributed by atoms with E-state index in [1.807, 2.05) is 18.2 Å². The third-order valence-electron chi connectivity index (χ3n) is 5.20. The molecule has 1 aliphatic heterocycles. The number of benzene rings is 2. The number of phenols is 1. The lowest BCUT2D eigenvalue weighted by Gasteiger charge is -2.20. The van der Waals surface area contributed by atoms with Crippen LogP contribution in [0.2, 0.25) is 0 Å². The van der Waals surface area contributed by atoms with E-state index in [9.17, 15) is 5.11 Å². The molecule has 0 radical (unpaired) electrons. The van der Waals surface area contributed by atoms with Gasteiger partial charge in [-0.2, -0.15) is 4.57 Å². The van der Waals surface area contributed by atoms with E-state index in [1.165, 1.54) is 0 Å². The summed E-state index contributed by atoms with van der Waals surface area (Å²) < 4.78 is 18.6. The number of hydrogen-bond acceptors (Lipinski definition) is 4. The van der Waals surface area contributed by atoms with Gasteiger partial charge < -0.3 is 31.7 Å². The fourth-order valence-corrected chi connectivity index (χ4v) is 3.95. The second-order valence-electron chi connectivity index (χ2n) is 6.49. The minimum Gasteiger partial charge on any atom is -1.00 e. The average molecular weight is 388 g/mol. The number of pyridine rings is 1. The number of aromatic hydroxyl groups is 1. The summed E-state index contributed by atoms with van der Waals surface area (Å²) in [5.41, 5.74) is 4.53. The van der Waals surface area contributed by atoms with E-state index in [1.54, 1.807) is 21.3 Å². The Morgan fingerprint density at radius 1 is 0.963 bits per heavy atom. The van der Waals surface area contributed by atoms with Crippen molar-refractivity contribution in [2.45, 2.75) is 19.9 Å². The molecule has 0 amide bonds. The van der Waals surface area contributed by atoms with Gasteiger partial charge in [0.25, 0.3) is 0 Å². The van der Waals surface area contributed by atoms with E-state index in [2.05, 4.69) is 23.8 Å². The molecule has 1 aromatic heterocycles. The van der Waals surface area contributed by atoms with Crippen molar-refractivity contribution in [3.63, 3.8) is 0 Å². The normalized spacial score (nSPS) is 12.0. The van der Waals surface area contributed by atoms with Crippen LogP contribution in [-0.4, -0.2) is 26.4 Å². The molecular formula is C21H22ClNO4. The number of aryl methyl sites for hydroxylation is 3. The number of hydrogen-bond donors (Lipinski definition) is 1. The molecule has 1 aliphatic rings.